The first-order valence-corrected chi connectivity index (χ1v) is 10.9. The maximum Gasteiger partial charge on any atom is 0.261 e. The first-order valence-electron chi connectivity index (χ1n) is 9.41. The van der Waals surface area contributed by atoms with Gasteiger partial charge in [0.25, 0.3) is 10.0 Å². The van der Waals surface area contributed by atoms with Crippen LogP contribution in [0.1, 0.15) is 5.56 Å². The Labute approximate surface area is 180 Å². The summed E-state index contributed by atoms with van der Waals surface area (Å²) in [7, 11) is -3.74. The van der Waals surface area contributed by atoms with Gasteiger partial charge >= 0.3 is 0 Å². The molecule has 2 amide bonds. The Balaban J connectivity index is 1.54. The van der Waals surface area contributed by atoms with E-state index in [1.807, 2.05) is 30.3 Å². The van der Waals surface area contributed by atoms with Gasteiger partial charge in [-0.15, -0.1) is 0 Å². The van der Waals surface area contributed by atoms with E-state index in [-0.39, 0.29) is 11.4 Å². The van der Waals surface area contributed by atoms with Crippen LogP contribution in [-0.4, -0.2) is 26.8 Å². The molecule has 0 saturated carbocycles. The Hall–Kier alpha value is -3.91. The molecule has 3 aromatic rings. The van der Waals surface area contributed by atoms with Crippen LogP contribution in [0, 0.1) is 0 Å². The summed E-state index contributed by atoms with van der Waals surface area (Å²) < 4.78 is 27.3. The second-order valence-corrected chi connectivity index (χ2v) is 8.19. The molecule has 0 aliphatic carbocycles. The molecule has 0 heterocycles. The van der Waals surface area contributed by atoms with E-state index in [2.05, 4.69) is 15.4 Å². The highest BCUT2D eigenvalue weighted by Crippen LogP contribution is 2.19. The summed E-state index contributed by atoms with van der Waals surface area (Å²) >= 11 is 0. The Morgan fingerprint density at radius 1 is 0.806 bits per heavy atom. The highest BCUT2D eigenvalue weighted by molar-refractivity contribution is 7.92. The van der Waals surface area contributed by atoms with Crippen molar-refractivity contribution in [1.29, 1.82) is 0 Å². The zero-order valence-electron chi connectivity index (χ0n) is 16.5. The number of benzene rings is 3. The van der Waals surface area contributed by atoms with Gasteiger partial charge in [-0.1, -0.05) is 54.6 Å². The van der Waals surface area contributed by atoms with Gasteiger partial charge in [0, 0.05) is 11.8 Å². The fourth-order valence-electron chi connectivity index (χ4n) is 2.64. The Morgan fingerprint density at radius 3 is 2.16 bits per heavy atom. The lowest BCUT2D eigenvalue weighted by Gasteiger charge is -2.10. The molecule has 3 aromatic carbocycles. The van der Waals surface area contributed by atoms with E-state index in [0.717, 1.165) is 5.56 Å². The number of nitrogens with one attached hydrogen (secondary N) is 3. The normalized spacial score (nSPS) is 11.1. The molecule has 0 atom stereocenters. The van der Waals surface area contributed by atoms with Crippen molar-refractivity contribution in [2.24, 2.45) is 0 Å². The van der Waals surface area contributed by atoms with Crippen molar-refractivity contribution in [1.82, 2.24) is 5.32 Å². The van der Waals surface area contributed by atoms with Crippen molar-refractivity contribution >= 4 is 39.3 Å². The molecule has 0 spiro atoms. The van der Waals surface area contributed by atoms with Crippen LogP contribution in [0.3, 0.4) is 0 Å². The third-order valence-electron chi connectivity index (χ3n) is 4.10. The molecule has 0 aliphatic heterocycles. The lowest BCUT2D eigenvalue weighted by Crippen LogP contribution is -2.31. The summed E-state index contributed by atoms with van der Waals surface area (Å²) in [4.78, 5) is 24.1. The average Bonchev–Trinajstić information content (AvgIpc) is 2.77. The molecule has 158 valence electrons. The zero-order valence-corrected chi connectivity index (χ0v) is 17.3. The van der Waals surface area contributed by atoms with Crippen LogP contribution in [0.4, 0.5) is 11.4 Å². The summed E-state index contributed by atoms with van der Waals surface area (Å²) in [6.07, 6.45) is 3.00. The van der Waals surface area contributed by atoms with E-state index in [4.69, 9.17) is 0 Å². The average molecular weight is 436 g/mol. The van der Waals surface area contributed by atoms with E-state index in [1.54, 1.807) is 42.5 Å². The molecular weight excluding hydrogens is 414 g/mol. The smallest absolute Gasteiger partial charge is 0.261 e. The van der Waals surface area contributed by atoms with Crippen LogP contribution >= 0.6 is 0 Å². The largest absolute Gasteiger partial charge is 0.343 e. The lowest BCUT2D eigenvalue weighted by molar-refractivity contribution is -0.121. The van der Waals surface area contributed by atoms with Gasteiger partial charge in [-0.25, -0.2) is 8.42 Å². The Morgan fingerprint density at radius 2 is 1.45 bits per heavy atom. The van der Waals surface area contributed by atoms with Gasteiger partial charge in [-0.05, 0) is 42.0 Å². The number of hydrogen-bond donors (Lipinski definition) is 3. The first kappa shape index (κ1) is 21.8. The summed E-state index contributed by atoms with van der Waals surface area (Å²) in [5, 5.41) is 5.12. The van der Waals surface area contributed by atoms with Crippen molar-refractivity contribution in [3.8, 4) is 0 Å². The molecule has 0 aromatic heterocycles. The standard InChI is InChI=1S/C23H21N3O4S/c27-22(15-14-18-8-3-1-4-9-18)24-17-23(28)25-19-10-7-11-20(16-19)26-31(29,30)21-12-5-2-6-13-21/h1-16,26H,17H2,(H,24,27)(H,25,28)/b15-14+. The van der Waals surface area contributed by atoms with Gasteiger partial charge in [-0.2, -0.15) is 0 Å². The predicted molar refractivity (Wildman–Crippen MR) is 121 cm³/mol. The molecule has 8 heteroatoms. The molecule has 0 bridgehead atoms. The lowest BCUT2D eigenvalue weighted by atomic mass is 10.2. The maximum atomic E-state index is 12.4. The van der Waals surface area contributed by atoms with Gasteiger partial charge in [0.1, 0.15) is 0 Å². The summed E-state index contributed by atoms with van der Waals surface area (Å²) in [6, 6.07) is 23.6. The molecule has 3 rings (SSSR count). The number of sulfonamides is 1. The van der Waals surface area contributed by atoms with Crippen molar-refractivity contribution in [3.63, 3.8) is 0 Å². The number of rotatable bonds is 8. The quantitative estimate of drug-likeness (QED) is 0.473. The molecule has 0 fully saturated rings. The number of amides is 2. The van der Waals surface area contributed by atoms with Crippen LogP contribution < -0.4 is 15.4 Å². The third kappa shape index (κ3) is 6.83. The first-order chi connectivity index (χ1) is 14.9. The highest BCUT2D eigenvalue weighted by atomic mass is 32.2. The number of carbonyl (C=O) groups excluding carboxylic acids is 2. The summed E-state index contributed by atoms with van der Waals surface area (Å²) in [5.41, 5.74) is 1.57. The minimum atomic E-state index is -3.74. The van der Waals surface area contributed by atoms with Gasteiger partial charge in [-0.3, -0.25) is 14.3 Å². The molecular formula is C23H21N3O4S. The second-order valence-electron chi connectivity index (χ2n) is 6.51. The van der Waals surface area contributed by atoms with Crippen LogP contribution in [-0.2, 0) is 19.6 Å². The minimum Gasteiger partial charge on any atom is -0.343 e. The van der Waals surface area contributed by atoms with Gasteiger partial charge in [0.15, 0.2) is 0 Å². The van der Waals surface area contributed by atoms with Crippen LogP contribution in [0.15, 0.2) is 95.9 Å². The molecule has 0 aliphatic rings. The molecule has 7 nitrogen and oxygen atoms in total. The van der Waals surface area contributed by atoms with E-state index in [1.165, 1.54) is 24.3 Å². The van der Waals surface area contributed by atoms with Gasteiger partial charge in [0.2, 0.25) is 11.8 Å². The minimum absolute atomic E-state index is 0.135. The molecule has 3 N–H and O–H groups in total. The van der Waals surface area contributed by atoms with Crippen molar-refractivity contribution in [3.05, 3.63) is 96.6 Å². The predicted octanol–water partition coefficient (Wildman–Crippen LogP) is 3.26. The molecule has 0 radical (unpaired) electrons. The Bertz CT molecular complexity index is 1180. The van der Waals surface area contributed by atoms with Gasteiger partial charge < -0.3 is 10.6 Å². The third-order valence-corrected chi connectivity index (χ3v) is 5.50. The molecule has 0 unspecified atom stereocenters. The van der Waals surface area contributed by atoms with E-state index in [9.17, 15) is 18.0 Å². The fraction of sp³-hybridized carbons (Fsp3) is 0.0435. The van der Waals surface area contributed by atoms with Crippen molar-refractivity contribution < 1.29 is 18.0 Å². The van der Waals surface area contributed by atoms with Gasteiger partial charge in [0.05, 0.1) is 17.1 Å². The van der Waals surface area contributed by atoms with Crippen LogP contribution in [0.5, 0.6) is 0 Å². The summed E-state index contributed by atoms with van der Waals surface area (Å²) in [5.74, 6) is -0.840. The van der Waals surface area contributed by atoms with Crippen molar-refractivity contribution in [2.75, 3.05) is 16.6 Å². The van der Waals surface area contributed by atoms with Crippen molar-refractivity contribution in [2.45, 2.75) is 4.90 Å². The fourth-order valence-corrected chi connectivity index (χ4v) is 3.71. The van der Waals surface area contributed by atoms with E-state index < -0.39 is 21.8 Å². The topological polar surface area (TPSA) is 104 Å². The molecule has 0 saturated heterocycles. The zero-order chi connectivity index (χ0) is 22.1. The number of anilines is 2. The second kappa shape index (κ2) is 10.2. The van der Waals surface area contributed by atoms with Crippen LogP contribution in [0.25, 0.3) is 6.08 Å². The molecule has 31 heavy (non-hydrogen) atoms. The summed E-state index contributed by atoms with van der Waals surface area (Å²) in [6.45, 7) is -0.224. The maximum absolute atomic E-state index is 12.4. The number of hydrogen-bond acceptors (Lipinski definition) is 4. The van der Waals surface area contributed by atoms with Crippen LogP contribution in [0.2, 0.25) is 0 Å². The Kier molecular flexibility index (Phi) is 7.18. The SMILES string of the molecule is O=C(/C=C/c1ccccc1)NCC(=O)Nc1cccc(NS(=O)(=O)c2ccccc2)c1. The highest BCUT2D eigenvalue weighted by Gasteiger charge is 2.13. The monoisotopic (exact) mass is 435 g/mol. The number of carbonyl (C=O) groups is 2. The van der Waals surface area contributed by atoms with E-state index in [0.29, 0.717) is 11.4 Å². The van der Waals surface area contributed by atoms with E-state index >= 15 is 0 Å².